The van der Waals surface area contributed by atoms with Crippen LogP contribution in [0.4, 0.5) is 5.69 Å². The Balaban J connectivity index is 2.04. The Labute approximate surface area is 141 Å². The van der Waals surface area contributed by atoms with E-state index < -0.39 is 0 Å². The first-order valence-corrected chi connectivity index (χ1v) is 7.62. The van der Waals surface area contributed by atoms with Gasteiger partial charge in [-0.05, 0) is 44.0 Å². The molecule has 0 aliphatic rings. The number of carbonyl (C=O) groups is 1. The van der Waals surface area contributed by atoms with Crippen molar-refractivity contribution in [3.05, 3.63) is 52.0 Å². The Hall–Kier alpha value is -2.20. The van der Waals surface area contributed by atoms with Crippen LogP contribution in [-0.2, 0) is 4.79 Å². The van der Waals surface area contributed by atoms with E-state index in [2.05, 4.69) is 5.32 Å². The van der Waals surface area contributed by atoms with Gasteiger partial charge in [-0.25, -0.2) is 0 Å². The summed E-state index contributed by atoms with van der Waals surface area (Å²) in [7, 11) is 1.53. The predicted octanol–water partition coefficient (Wildman–Crippen LogP) is 4.29. The standard InChI is InChI=1S/C18H20ClNO3/c1-11-5-6-16(13(3)7-11)23-10-18(21)20-15-8-12(2)14(19)9-17(15)22-4/h5-9H,10H2,1-4H3,(H,20,21). The normalized spacial score (nSPS) is 10.3. The lowest BCUT2D eigenvalue weighted by Gasteiger charge is -2.13. The van der Waals surface area contributed by atoms with Gasteiger partial charge in [0.2, 0.25) is 0 Å². The summed E-state index contributed by atoms with van der Waals surface area (Å²) in [5.41, 5.74) is 3.58. The molecule has 1 amide bonds. The zero-order valence-electron chi connectivity index (χ0n) is 13.7. The average Bonchev–Trinajstić information content (AvgIpc) is 2.49. The second-order valence-electron chi connectivity index (χ2n) is 5.41. The van der Waals surface area contributed by atoms with E-state index in [1.807, 2.05) is 39.0 Å². The van der Waals surface area contributed by atoms with Gasteiger partial charge in [0.25, 0.3) is 5.91 Å². The number of rotatable bonds is 5. The highest BCUT2D eigenvalue weighted by molar-refractivity contribution is 6.31. The summed E-state index contributed by atoms with van der Waals surface area (Å²) in [5, 5.41) is 3.37. The fourth-order valence-electron chi connectivity index (χ4n) is 2.22. The Morgan fingerprint density at radius 1 is 1.09 bits per heavy atom. The molecule has 0 aromatic heterocycles. The Bertz CT molecular complexity index is 728. The number of hydrogen-bond acceptors (Lipinski definition) is 3. The maximum absolute atomic E-state index is 12.1. The van der Waals surface area contributed by atoms with Crippen molar-refractivity contribution in [3.8, 4) is 11.5 Å². The van der Waals surface area contributed by atoms with Crippen LogP contribution in [0.25, 0.3) is 0 Å². The monoisotopic (exact) mass is 333 g/mol. The Morgan fingerprint density at radius 3 is 2.48 bits per heavy atom. The van der Waals surface area contributed by atoms with Crippen LogP contribution >= 0.6 is 11.6 Å². The molecule has 1 N–H and O–H groups in total. The van der Waals surface area contributed by atoms with Gasteiger partial charge in [0.15, 0.2) is 6.61 Å². The molecule has 0 saturated heterocycles. The highest BCUT2D eigenvalue weighted by Crippen LogP contribution is 2.30. The molecule has 0 fully saturated rings. The fraction of sp³-hybridized carbons (Fsp3) is 0.278. The third kappa shape index (κ3) is 4.39. The summed E-state index contributed by atoms with van der Waals surface area (Å²) in [5.74, 6) is 0.954. The van der Waals surface area contributed by atoms with E-state index in [4.69, 9.17) is 21.1 Å². The van der Waals surface area contributed by atoms with E-state index in [-0.39, 0.29) is 12.5 Å². The molecule has 4 nitrogen and oxygen atoms in total. The smallest absolute Gasteiger partial charge is 0.262 e. The van der Waals surface area contributed by atoms with Crippen molar-refractivity contribution in [2.45, 2.75) is 20.8 Å². The lowest BCUT2D eigenvalue weighted by atomic mass is 10.1. The first-order chi connectivity index (χ1) is 10.9. The number of ether oxygens (including phenoxy) is 2. The van der Waals surface area contributed by atoms with Crippen LogP contribution in [-0.4, -0.2) is 19.6 Å². The highest BCUT2D eigenvalue weighted by Gasteiger charge is 2.11. The summed E-state index contributed by atoms with van der Waals surface area (Å²) < 4.78 is 10.8. The second-order valence-corrected chi connectivity index (χ2v) is 5.81. The van der Waals surface area contributed by atoms with Gasteiger partial charge in [-0.15, -0.1) is 0 Å². The van der Waals surface area contributed by atoms with Gasteiger partial charge in [-0.3, -0.25) is 4.79 Å². The van der Waals surface area contributed by atoms with Crippen molar-refractivity contribution in [2.24, 2.45) is 0 Å². The van der Waals surface area contributed by atoms with Crippen molar-refractivity contribution in [1.82, 2.24) is 0 Å². The van der Waals surface area contributed by atoms with E-state index >= 15 is 0 Å². The highest BCUT2D eigenvalue weighted by atomic mass is 35.5. The molecule has 5 heteroatoms. The van der Waals surface area contributed by atoms with Crippen molar-refractivity contribution in [1.29, 1.82) is 0 Å². The van der Waals surface area contributed by atoms with E-state index in [1.54, 1.807) is 12.1 Å². The molecule has 2 aromatic rings. The van der Waals surface area contributed by atoms with Gasteiger partial charge in [0.05, 0.1) is 12.8 Å². The minimum absolute atomic E-state index is 0.0747. The molecule has 2 rings (SSSR count). The number of nitrogens with one attached hydrogen (secondary N) is 1. The van der Waals surface area contributed by atoms with Crippen LogP contribution in [0, 0.1) is 20.8 Å². The number of aryl methyl sites for hydroxylation is 3. The number of anilines is 1. The number of amides is 1. The molecule has 0 unspecified atom stereocenters. The molecule has 0 aliphatic heterocycles. The van der Waals surface area contributed by atoms with Crippen LogP contribution < -0.4 is 14.8 Å². The number of benzene rings is 2. The van der Waals surface area contributed by atoms with Crippen LogP contribution in [0.2, 0.25) is 5.02 Å². The first-order valence-electron chi connectivity index (χ1n) is 7.24. The van der Waals surface area contributed by atoms with Crippen molar-refractivity contribution in [3.63, 3.8) is 0 Å². The van der Waals surface area contributed by atoms with Gasteiger partial charge in [-0.1, -0.05) is 29.3 Å². The minimum atomic E-state index is -0.259. The molecule has 122 valence electrons. The zero-order valence-corrected chi connectivity index (χ0v) is 14.5. The SMILES string of the molecule is COc1cc(Cl)c(C)cc1NC(=O)COc1ccc(C)cc1C. The molecular formula is C18H20ClNO3. The molecular weight excluding hydrogens is 314 g/mol. The molecule has 2 aromatic carbocycles. The van der Waals surface area contributed by atoms with E-state index in [9.17, 15) is 4.79 Å². The molecule has 0 saturated carbocycles. The summed E-state index contributed by atoms with van der Waals surface area (Å²) >= 11 is 6.06. The van der Waals surface area contributed by atoms with E-state index in [0.29, 0.717) is 22.2 Å². The van der Waals surface area contributed by atoms with Crippen molar-refractivity contribution >= 4 is 23.2 Å². The number of methoxy groups -OCH3 is 1. The third-order valence-corrected chi connectivity index (χ3v) is 3.85. The Kier molecular flexibility index (Phi) is 5.50. The van der Waals surface area contributed by atoms with Gasteiger partial charge >= 0.3 is 0 Å². The molecule has 0 atom stereocenters. The predicted molar refractivity (Wildman–Crippen MR) is 92.8 cm³/mol. The van der Waals surface area contributed by atoms with E-state index in [1.165, 1.54) is 7.11 Å². The van der Waals surface area contributed by atoms with Gasteiger partial charge in [0.1, 0.15) is 11.5 Å². The quantitative estimate of drug-likeness (QED) is 0.887. The lowest BCUT2D eigenvalue weighted by molar-refractivity contribution is -0.118. The molecule has 0 heterocycles. The summed E-state index contributed by atoms with van der Waals surface area (Å²) in [4.78, 5) is 12.1. The van der Waals surface area contributed by atoms with Crippen LogP contribution in [0.15, 0.2) is 30.3 Å². The third-order valence-electron chi connectivity index (χ3n) is 3.44. The average molecular weight is 334 g/mol. The molecule has 23 heavy (non-hydrogen) atoms. The zero-order chi connectivity index (χ0) is 17.0. The summed E-state index contributed by atoms with van der Waals surface area (Å²) in [6.45, 7) is 5.75. The number of hydrogen-bond donors (Lipinski definition) is 1. The maximum Gasteiger partial charge on any atom is 0.262 e. The van der Waals surface area contributed by atoms with Crippen molar-refractivity contribution < 1.29 is 14.3 Å². The van der Waals surface area contributed by atoms with E-state index in [0.717, 1.165) is 16.7 Å². The largest absolute Gasteiger partial charge is 0.495 e. The first kappa shape index (κ1) is 17.2. The minimum Gasteiger partial charge on any atom is -0.495 e. The molecule has 0 radical (unpaired) electrons. The van der Waals surface area contributed by atoms with Gasteiger partial charge in [-0.2, -0.15) is 0 Å². The molecule has 0 bridgehead atoms. The molecule has 0 aliphatic carbocycles. The Morgan fingerprint density at radius 2 is 1.83 bits per heavy atom. The van der Waals surface area contributed by atoms with Gasteiger partial charge in [0, 0.05) is 11.1 Å². The fourth-order valence-corrected chi connectivity index (χ4v) is 2.37. The lowest BCUT2D eigenvalue weighted by Crippen LogP contribution is -2.20. The maximum atomic E-state index is 12.1. The summed E-state index contributed by atoms with van der Waals surface area (Å²) in [6.07, 6.45) is 0. The van der Waals surface area contributed by atoms with Crippen LogP contribution in [0.1, 0.15) is 16.7 Å². The van der Waals surface area contributed by atoms with Gasteiger partial charge < -0.3 is 14.8 Å². The second kappa shape index (κ2) is 7.38. The summed E-state index contributed by atoms with van der Waals surface area (Å²) in [6, 6.07) is 9.28. The van der Waals surface area contributed by atoms with Crippen molar-refractivity contribution in [2.75, 3.05) is 19.0 Å². The van der Waals surface area contributed by atoms with Crippen LogP contribution in [0.3, 0.4) is 0 Å². The topological polar surface area (TPSA) is 47.6 Å². The van der Waals surface area contributed by atoms with Crippen LogP contribution in [0.5, 0.6) is 11.5 Å². The number of halogens is 1. The molecule has 0 spiro atoms. The number of carbonyl (C=O) groups excluding carboxylic acids is 1.